The van der Waals surface area contributed by atoms with E-state index in [9.17, 15) is 18.0 Å². The lowest BCUT2D eigenvalue weighted by atomic mass is 10.0. The lowest BCUT2D eigenvalue weighted by molar-refractivity contribution is -0.142. The van der Waals surface area contributed by atoms with Crippen LogP contribution in [0.15, 0.2) is 115 Å². The third kappa shape index (κ3) is 10.2. The van der Waals surface area contributed by atoms with Crippen LogP contribution < -0.4 is 9.47 Å². The maximum atomic E-state index is 14.5. The lowest BCUT2D eigenvalue weighted by Crippen LogP contribution is -2.30. The van der Waals surface area contributed by atoms with Crippen LogP contribution in [0.4, 0.5) is 13.2 Å². The van der Waals surface area contributed by atoms with Crippen molar-refractivity contribution in [2.75, 3.05) is 13.7 Å². The van der Waals surface area contributed by atoms with Gasteiger partial charge in [0.2, 0.25) is 5.88 Å². The quantitative estimate of drug-likeness (QED) is 0.0773. The van der Waals surface area contributed by atoms with E-state index >= 15 is 0 Å². The largest absolute Gasteiger partial charge is 0.497 e. The Morgan fingerprint density at radius 1 is 0.816 bits per heavy atom. The number of ether oxygens (including phenoxy) is 4. The van der Waals surface area contributed by atoms with Crippen LogP contribution >= 0.6 is 0 Å². The summed E-state index contributed by atoms with van der Waals surface area (Å²) in [5.74, 6) is 0.0384. The van der Waals surface area contributed by atoms with E-state index in [1.165, 1.54) is 11.8 Å². The Labute approximate surface area is 284 Å². The number of benzene rings is 4. The Kier molecular flexibility index (Phi) is 12.1. The van der Waals surface area contributed by atoms with Gasteiger partial charge in [0.25, 0.3) is 0 Å². The molecule has 0 saturated heterocycles. The molecule has 0 aliphatic carbocycles. The minimum Gasteiger partial charge on any atom is -0.497 e. The van der Waals surface area contributed by atoms with Crippen molar-refractivity contribution in [3.63, 3.8) is 0 Å². The Hall–Kier alpha value is -5.09. The minimum absolute atomic E-state index is 0.0454. The van der Waals surface area contributed by atoms with Gasteiger partial charge in [-0.25, -0.2) is 9.48 Å². The molecule has 4 aromatic carbocycles. The molecule has 0 bridgehead atoms. The summed E-state index contributed by atoms with van der Waals surface area (Å²) < 4.78 is 68.1. The number of alkyl halides is 3. The number of methoxy groups -OCH3 is 1. The molecule has 7 nitrogen and oxygen atoms in total. The number of aromatic nitrogens is 2. The number of aryl methyl sites for hydroxylation is 1. The Bertz CT molecular complexity index is 1750. The molecular weight excluding hydrogens is 633 g/mol. The lowest BCUT2D eigenvalue weighted by Gasteiger charge is -2.24. The van der Waals surface area contributed by atoms with Crippen LogP contribution in [-0.2, 0) is 35.0 Å². The number of halogens is 3. The summed E-state index contributed by atoms with van der Waals surface area (Å²) in [6.45, 7) is 1.60. The third-order valence-electron chi connectivity index (χ3n) is 7.89. The molecule has 0 aliphatic heterocycles. The van der Waals surface area contributed by atoms with E-state index in [1.54, 1.807) is 61.5 Å². The van der Waals surface area contributed by atoms with Crippen LogP contribution in [0.2, 0.25) is 0 Å². The van der Waals surface area contributed by atoms with Gasteiger partial charge in [-0.2, -0.15) is 18.3 Å². The normalized spacial score (nSPS) is 12.7. The summed E-state index contributed by atoms with van der Waals surface area (Å²) >= 11 is 0. The van der Waals surface area contributed by atoms with Crippen LogP contribution in [0.25, 0.3) is 0 Å². The van der Waals surface area contributed by atoms with Crippen LogP contribution in [0.3, 0.4) is 0 Å². The van der Waals surface area contributed by atoms with Crippen LogP contribution in [0.5, 0.6) is 11.6 Å². The second kappa shape index (κ2) is 16.8. The molecule has 49 heavy (non-hydrogen) atoms. The molecule has 0 aliphatic rings. The minimum atomic E-state index is -4.74. The van der Waals surface area contributed by atoms with E-state index in [0.29, 0.717) is 23.3 Å². The van der Waals surface area contributed by atoms with Crippen molar-refractivity contribution >= 4 is 5.97 Å². The van der Waals surface area contributed by atoms with Gasteiger partial charge in [0.15, 0.2) is 12.0 Å². The van der Waals surface area contributed by atoms with Gasteiger partial charge in [-0.05, 0) is 67.1 Å². The first-order valence-corrected chi connectivity index (χ1v) is 16.1. The highest BCUT2D eigenvalue weighted by Crippen LogP contribution is 2.38. The van der Waals surface area contributed by atoms with Crippen molar-refractivity contribution in [2.24, 2.45) is 0 Å². The molecule has 5 rings (SSSR count). The van der Waals surface area contributed by atoms with E-state index in [4.69, 9.17) is 18.9 Å². The van der Waals surface area contributed by atoms with Crippen LogP contribution in [0.1, 0.15) is 58.1 Å². The number of hydrogen-bond acceptors (Lipinski definition) is 6. The first-order chi connectivity index (χ1) is 23.7. The fraction of sp³-hybridized carbons (Fsp3) is 0.282. The smallest absolute Gasteiger partial charge is 0.435 e. The van der Waals surface area contributed by atoms with Crippen molar-refractivity contribution in [3.8, 4) is 11.6 Å². The molecule has 0 spiro atoms. The summed E-state index contributed by atoms with van der Waals surface area (Å²) in [5.41, 5.74) is 1.79. The number of nitrogens with zero attached hydrogens (tertiary/aromatic N) is 2. The molecule has 0 saturated carbocycles. The van der Waals surface area contributed by atoms with Crippen molar-refractivity contribution in [1.29, 1.82) is 0 Å². The predicted molar refractivity (Wildman–Crippen MR) is 180 cm³/mol. The van der Waals surface area contributed by atoms with E-state index in [0.717, 1.165) is 24.0 Å². The summed E-state index contributed by atoms with van der Waals surface area (Å²) in [6, 6.07) is 34.5. The van der Waals surface area contributed by atoms with E-state index in [2.05, 4.69) is 5.10 Å². The van der Waals surface area contributed by atoms with Crippen LogP contribution in [-0.4, -0.2) is 41.9 Å². The molecular formula is C39H39F3N2O5. The summed E-state index contributed by atoms with van der Waals surface area (Å²) in [5, 5.41) is 4.03. The standard InChI is InChI=1S/C39H39F3N2O5/c1-28(48-34(20-12-17-29-13-6-3-7-14-29)27-47-38(45)32-18-10-5-11-19-32)49-37-35(25-30-21-23-33(46-2)24-22-30)36(39(40,41)42)43-44(37)26-31-15-8-4-9-16-31/h3-11,13-16,18-19,21-24,28,34H,12,17,20,25-27H2,1-2H3. The van der Waals surface area contributed by atoms with Crippen molar-refractivity contribution in [2.45, 2.75) is 57.7 Å². The fourth-order valence-electron chi connectivity index (χ4n) is 5.47. The number of esters is 1. The molecule has 0 fully saturated rings. The Morgan fingerprint density at radius 2 is 1.43 bits per heavy atom. The first kappa shape index (κ1) is 35.2. The number of carbonyl (C=O) groups excluding carboxylic acids is 1. The maximum Gasteiger partial charge on any atom is 0.435 e. The average molecular weight is 673 g/mol. The average Bonchev–Trinajstić information content (AvgIpc) is 3.44. The van der Waals surface area contributed by atoms with Gasteiger partial charge >= 0.3 is 12.1 Å². The van der Waals surface area contributed by atoms with Gasteiger partial charge in [-0.3, -0.25) is 0 Å². The van der Waals surface area contributed by atoms with Gasteiger partial charge in [0, 0.05) is 6.42 Å². The zero-order valence-electron chi connectivity index (χ0n) is 27.4. The zero-order valence-corrected chi connectivity index (χ0v) is 27.4. The van der Waals surface area contributed by atoms with Gasteiger partial charge < -0.3 is 18.9 Å². The van der Waals surface area contributed by atoms with Crippen LogP contribution in [0, 0.1) is 0 Å². The predicted octanol–water partition coefficient (Wildman–Crippen LogP) is 8.54. The number of carbonyl (C=O) groups is 1. The first-order valence-electron chi connectivity index (χ1n) is 16.1. The van der Waals surface area contributed by atoms with Gasteiger partial charge in [0.1, 0.15) is 12.4 Å². The highest BCUT2D eigenvalue weighted by molar-refractivity contribution is 5.89. The topological polar surface area (TPSA) is 71.8 Å². The third-order valence-corrected chi connectivity index (χ3v) is 7.89. The molecule has 0 radical (unpaired) electrons. The fourth-order valence-corrected chi connectivity index (χ4v) is 5.47. The maximum absolute atomic E-state index is 14.5. The van der Waals surface area contributed by atoms with Gasteiger partial charge in [0.05, 0.1) is 30.9 Å². The van der Waals surface area contributed by atoms with E-state index < -0.39 is 30.2 Å². The summed E-state index contributed by atoms with van der Waals surface area (Å²) in [6.07, 6.45) is -4.43. The molecule has 2 unspecified atom stereocenters. The molecule has 1 heterocycles. The molecule has 0 N–H and O–H groups in total. The summed E-state index contributed by atoms with van der Waals surface area (Å²) in [7, 11) is 1.52. The monoisotopic (exact) mass is 672 g/mol. The Morgan fingerprint density at radius 3 is 2.04 bits per heavy atom. The highest BCUT2D eigenvalue weighted by Gasteiger charge is 2.40. The number of rotatable bonds is 16. The Balaban J connectivity index is 1.40. The van der Waals surface area contributed by atoms with Crippen molar-refractivity contribution < 1.29 is 36.9 Å². The molecule has 2 atom stereocenters. The molecule has 0 amide bonds. The van der Waals surface area contributed by atoms with Gasteiger partial charge in [-0.15, -0.1) is 0 Å². The second-order valence-electron chi connectivity index (χ2n) is 11.6. The summed E-state index contributed by atoms with van der Waals surface area (Å²) in [4.78, 5) is 12.8. The molecule has 10 heteroatoms. The van der Waals surface area contributed by atoms with Crippen molar-refractivity contribution in [3.05, 3.63) is 149 Å². The van der Waals surface area contributed by atoms with Crippen molar-refractivity contribution in [1.82, 2.24) is 9.78 Å². The SMILES string of the molecule is COc1ccc(Cc2c(C(F)(F)F)nn(Cc3ccccc3)c2OC(C)OC(CCCc2ccccc2)COC(=O)c2ccccc2)cc1. The van der Waals surface area contributed by atoms with E-state index in [-0.39, 0.29) is 31.0 Å². The zero-order chi connectivity index (χ0) is 34.6. The molecule has 5 aromatic rings. The second-order valence-corrected chi connectivity index (χ2v) is 11.6. The number of hydrogen-bond donors (Lipinski definition) is 0. The highest BCUT2D eigenvalue weighted by atomic mass is 19.4. The van der Waals surface area contributed by atoms with E-state index in [1.807, 2.05) is 60.7 Å². The molecule has 1 aromatic heterocycles. The van der Waals surface area contributed by atoms with Gasteiger partial charge in [-0.1, -0.05) is 91.0 Å². The molecule has 256 valence electrons.